The monoisotopic (exact) mass is 263 g/mol. The highest BCUT2D eigenvalue weighted by molar-refractivity contribution is 5.99. The molecule has 3 N–H and O–H groups in total. The molecule has 0 saturated carbocycles. The number of nitrogens with one attached hydrogen (secondary N) is 1. The number of aromatic nitrogens is 1. The number of carbonyl (C=O) groups excluding carboxylic acids is 1. The number of nitrogens with two attached hydrogens (primary N) is 1. The van der Waals surface area contributed by atoms with Crippen LogP contribution in [-0.2, 0) is 0 Å². The van der Waals surface area contributed by atoms with Gasteiger partial charge in [-0.25, -0.2) is 0 Å². The van der Waals surface area contributed by atoms with Crippen LogP contribution in [0.1, 0.15) is 24.2 Å². The van der Waals surface area contributed by atoms with Crippen LogP contribution in [0.5, 0.6) is 0 Å². The first-order chi connectivity index (χ1) is 9.17. The minimum absolute atomic E-state index is 0.0105. The summed E-state index contributed by atoms with van der Waals surface area (Å²) in [7, 11) is 0. The van der Waals surface area contributed by atoms with Crippen molar-refractivity contribution in [1.82, 2.24) is 14.8 Å². The Balaban J connectivity index is 2.12. The van der Waals surface area contributed by atoms with Crippen LogP contribution in [0.2, 0.25) is 0 Å². The lowest BCUT2D eigenvalue weighted by Gasteiger charge is -2.39. The van der Waals surface area contributed by atoms with Crippen molar-refractivity contribution in [1.29, 1.82) is 0 Å². The Morgan fingerprint density at radius 1 is 1.58 bits per heavy atom. The van der Waals surface area contributed by atoms with Crippen molar-refractivity contribution in [3.63, 3.8) is 0 Å². The molecule has 104 valence electrons. The van der Waals surface area contributed by atoms with E-state index in [4.69, 9.17) is 5.84 Å². The Kier molecular flexibility index (Phi) is 4.34. The molecule has 6 heteroatoms. The van der Waals surface area contributed by atoms with Crippen molar-refractivity contribution in [3.8, 4) is 0 Å². The second kappa shape index (κ2) is 5.99. The first-order valence-corrected chi connectivity index (χ1v) is 6.61. The van der Waals surface area contributed by atoms with Crippen LogP contribution in [0.3, 0.4) is 0 Å². The number of hydrogen-bond donors (Lipinski definition) is 2. The number of rotatable bonds is 3. The summed E-state index contributed by atoms with van der Waals surface area (Å²) in [6.45, 7) is 7.71. The average Bonchev–Trinajstić information content (AvgIpc) is 2.46. The Morgan fingerprint density at radius 3 is 3.00 bits per heavy atom. The van der Waals surface area contributed by atoms with E-state index in [2.05, 4.69) is 29.2 Å². The maximum absolute atomic E-state index is 12.5. The van der Waals surface area contributed by atoms with Gasteiger partial charge in [-0.1, -0.05) is 6.92 Å². The Bertz CT molecular complexity index is 450. The number of anilines is 1. The van der Waals surface area contributed by atoms with Crippen LogP contribution in [-0.4, -0.2) is 52.9 Å². The highest BCUT2D eigenvalue weighted by Crippen LogP contribution is 2.17. The minimum atomic E-state index is -0.0105. The van der Waals surface area contributed by atoms with Crippen LogP contribution in [0.25, 0.3) is 0 Å². The fourth-order valence-corrected chi connectivity index (χ4v) is 2.51. The van der Waals surface area contributed by atoms with Crippen molar-refractivity contribution in [2.75, 3.05) is 31.6 Å². The summed E-state index contributed by atoms with van der Waals surface area (Å²) >= 11 is 0. The van der Waals surface area contributed by atoms with Gasteiger partial charge in [0.05, 0.1) is 11.3 Å². The summed E-state index contributed by atoms with van der Waals surface area (Å²) in [6.07, 6.45) is 3.18. The van der Waals surface area contributed by atoms with Gasteiger partial charge in [-0.15, -0.1) is 0 Å². The van der Waals surface area contributed by atoms with Gasteiger partial charge in [-0.05, 0) is 19.5 Å². The highest BCUT2D eigenvalue weighted by atomic mass is 16.2. The molecule has 0 aromatic carbocycles. The molecule has 6 nitrogen and oxygen atoms in total. The maximum atomic E-state index is 12.5. The summed E-state index contributed by atoms with van der Waals surface area (Å²) in [6, 6.07) is 2.09. The fourth-order valence-electron chi connectivity index (χ4n) is 2.51. The third-order valence-corrected chi connectivity index (χ3v) is 3.67. The van der Waals surface area contributed by atoms with E-state index in [1.807, 2.05) is 4.90 Å². The Hall–Kier alpha value is -1.66. The van der Waals surface area contributed by atoms with Gasteiger partial charge in [0.15, 0.2) is 0 Å². The zero-order valence-corrected chi connectivity index (χ0v) is 11.5. The molecule has 2 rings (SSSR count). The first-order valence-electron chi connectivity index (χ1n) is 6.61. The molecule has 0 bridgehead atoms. The largest absolute Gasteiger partial charge is 0.336 e. The number of hydrogen-bond acceptors (Lipinski definition) is 5. The third kappa shape index (κ3) is 2.85. The number of pyridine rings is 1. The molecular weight excluding hydrogens is 242 g/mol. The molecule has 1 saturated heterocycles. The van der Waals surface area contributed by atoms with E-state index < -0.39 is 0 Å². The SMILES string of the molecule is CCN1CCN(C(=O)c2cnccc2NN)CC1C. The number of hydrazine groups is 1. The first kappa shape index (κ1) is 13.8. The van der Waals surface area contributed by atoms with Crippen LogP contribution in [0.4, 0.5) is 5.69 Å². The van der Waals surface area contributed by atoms with Crippen LogP contribution < -0.4 is 11.3 Å². The second-order valence-electron chi connectivity index (χ2n) is 4.79. The van der Waals surface area contributed by atoms with E-state index >= 15 is 0 Å². The molecule has 0 aliphatic carbocycles. The summed E-state index contributed by atoms with van der Waals surface area (Å²) < 4.78 is 0. The van der Waals surface area contributed by atoms with Gasteiger partial charge in [0.2, 0.25) is 0 Å². The molecule has 1 aliphatic rings. The number of likely N-dealkylation sites (N-methyl/N-ethyl adjacent to an activating group) is 1. The number of nitrogen functional groups attached to an aromatic ring is 1. The minimum Gasteiger partial charge on any atom is -0.336 e. The van der Waals surface area contributed by atoms with Gasteiger partial charge >= 0.3 is 0 Å². The predicted molar refractivity (Wildman–Crippen MR) is 74.7 cm³/mol. The molecule has 1 unspecified atom stereocenters. The molecule has 1 aliphatic heterocycles. The number of amides is 1. The van der Waals surface area contributed by atoms with Crippen molar-refractivity contribution in [2.24, 2.45) is 5.84 Å². The van der Waals surface area contributed by atoms with Gasteiger partial charge < -0.3 is 10.3 Å². The van der Waals surface area contributed by atoms with Gasteiger partial charge in [0, 0.05) is 38.1 Å². The topological polar surface area (TPSA) is 74.5 Å². The van der Waals surface area contributed by atoms with E-state index in [1.165, 1.54) is 0 Å². The van der Waals surface area contributed by atoms with E-state index in [1.54, 1.807) is 18.5 Å². The van der Waals surface area contributed by atoms with Gasteiger partial charge in [-0.3, -0.25) is 20.5 Å². The van der Waals surface area contributed by atoms with E-state index in [0.29, 0.717) is 17.3 Å². The summed E-state index contributed by atoms with van der Waals surface area (Å²) in [4.78, 5) is 20.7. The van der Waals surface area contributed by atoms with E-state index in [0.717, 1.165) is 26.2 Å². The molecule has 1 atom stereocenters. The Morgan fingerprint density at radius 2 is 2.37 bits per heavy atom. The van der Waals surface area contributed by atoms with Crippen LogP contribution in [0, 0.1) is 0 Å². The molecule has 2 heterocycles. The quantitative estimate of drug-likeness (QED) is 0.615. The molecule has 1 aromatic rings. The molecular formula is C13H21N5O. The zero-order valence-electron chi connectivity index (χ0n) is 11.5. The standard InChI is InChI=1S/C13H21N5O/c1-3-17-6-7-18(9-10(17)2)13(19)11-8-15-5-4-12(11)16-14/h4-5,8,10H,3,6-7,9,14H2,1-2H3,(H,15,16). The Labute approximate surface area is 113 Å². The van der Waals surface area contributed by atoms with E-state index in [9.17, 15) is 4.79 Å². The lowest BCUT2D eigenvalue weighted by atomic mass is 10.1. The fraction of sp³-hybridized carbons (Fsp3) is 0.538. The van der Waals surface area contributed by atoms with Crippen molar-refractivity contribution >= 4 is 11.6 Å². The highest BCUT2D eigenvalue weighted by Gasteiger charge is 2.27. The smallest absolute Gasteiger partial charge is 0.257 e. The number of carbonyl (C=O) groups is 1. The van der Waals surface area contributed by atoms with E-state index in [-0.39, 0.29) is 5.91 Å². The van der Waals surface area contributed by atoms with Crippen molar-refractivity contribution in [3.05, 3.63) is 24.0 Å². The summed E-state index contributed by atoms with van der Waals surface area (Å²) in [5, 5.41) is 0. The van der Waals surface area contributed by atoms with Crippen molar-refractivity contribution < 1.29 is 4.79 Å². The van der Waals surface area contributed by atoms with Gasteiger partial charge in [0.25, 0.3) is 5.91 Å². The molecule has 0 radical (unpaired) electrons. The summed E-state index contributed by atoms with van der Waals surface area (Å²) in [5.74, 6) is 5.42. The zero-order chi connectivity index (χ0) is 13.8. The molecule has 1 aromatic heterocycles. The second-order valence-corrected chi connectivity index (χ2v) is 4.79. The molecule has 1 fully saturated rings. The van der Waals surface area contributed by atoms with Gasteiger partial charge in [-0.2, -0.15) is 0 Å². The maximum Gasteiger partial charge on any atom is 0.257 e. The number of piperazine rings is 1. The van der Waals surface area contributed by atoms with Crippen LogP contribution in [0.15, 0.2) is 18.5 Å². The van der Waals surface area contributed by atoms with Gasteiger partial charge in [0.1, 0.15) is 0 Å². The lowest BCUT2D eigenvalue weighted by molar-refractivity contribution is 0.0529. The average molecular weight is 263 g/mol. The molecule has 1 amide bonds. The van der Waals surface area contributed by atoms with Crippen molar-refractivity contribution in [2.45, 2.75) is 19.9 Å². The molecule has 19 heavy (non-hydrogen) atoms. The predicted octanol–water partition coefficient (Wildman–Crippen LogP) is 0.533. The normalized spacial score (nSPS) is 20.4. The summed E-state index contributed by atoms with van der Waals surface area (Å²) in [5.41, 5.74) is 3.69. The number of nitrogens with zero attached hydrogens (tertiary/aromatic N) is 3. The lowest BCUT2D eigenvalue weighted by Crippen LogP contribution is -2.53. The third-order valence-electron chi connectivity index (χ3n) is 3.67. The van der Waals surface area contributed by atoms with Crippen LogP contribution >= 0.6 is 0 Å². The molecule has 0 spiro atoms.